The minimum absolute atomic E-state index is 0.0120. The fourth-order valence-corrected chi connectivity index (χ4v) is 3.39. The molecule has 1 aromatic carbocycles. The van der Waals surface area contributed by atoms with E-state index in [1.54, 1.807) is 0 Å². The second kappa shape index (κ2) is 5.54. The van der Waals surface area contributed by atoms with E-state index < -0.39 is 6.10 Å². The van der Waals surface area contributed by atoms with Crippen molar-refractivity contribution in [2.45, 2.75) is 44.4 Å². The minimum Gasteiger partial charge on any atom is -0.390 e. The molecular weight excluding hydrogens is 252 g/mol. The van der Waals surface area contributed by atoms with E-state index in [9.17, 15) is 9.90 Å². The van der Waals surface area contributed by atoms with Crippen molar-refractivity contribution in [2.24, 2.45) is 5.92 Å². The summed E-state index contributed by atoms with van der Waals surface area (Å²) < 4.78 is 0. The van der Waals surface area contributed by atoms with Gasteiger partial charge in [-0.3, -0.25) is 4.79 Å². The molecule has 0 aromatic heterocycles. The van der Waals surface area contributed by atoms with Crippen LogP contribution in [0.1, 0.15) is 36.9 Å². The summed E-state index contributed by atoms with van der Waals surface area (Å²) in [5.41, 5.74) is 2.19. The van der Waals surface area contributed by atoms with Crippen LogP contribution in [0.15, 0.2) is 24.3 Å². The summed E-state index contributed by atoms with van der Waals surface area (Å²) in [7, 11) is 0. The molecule has 0 bridgehead atoms. The van der Waals surface area contributed by atoms with E-state index in [0.29, 0.717) is 12.3 Å². The number of aliphatic hydroxyl groups is 1. The van der Waals surface area contributed by atoms with Crippen LogP contribution in [0.4, 0.5) is 0 Å². The van der Waals surface area contributed by atoms with Gasteiger partial charge in [-0.05, 0) is 36.4 Å². The molecule has 20 heavy (non-hydrogen) atoms. The lowest BCUT2D eigenvalue weighted by Gasteiger charge is -2.30. The molecule has 4 atom stereocenters. The molecule has 1 aliphatic heterocycles. The topological polar surface area (TPSA) is 61.4 Å². The molecule has 4 nitrogen and oxygen atoms in total. The second-order valence-corrected chi connectivity index (χ2v) is 6.01. The number of piperidine rings is 1. The van der Waals surface area contributed by atoms with Crippen molar-refractivity contribution < 1.29 is 9.90 Å². The van der Waals surface area contributed by atoms with Crippen LogP contribution in [-0.2, 0) is 11.2 Å². The lowest BCUT2D eigenvalue weighted by molar-refractivity contribution is -0.126. The highest BCUT2D eigenvalue weighted by Gasteiger charge is 2.35. The van der Waals surface area contributed by atoms with Crippen molar-refractivity contribution in [1.82, 2.24) is 10.6 Å². The first-order chi connectivity index (χ1) is 9.66. The highest BCUT2D eigenvalue weighted by atomic mass is 16.3. The monoisotopic (exact) mass is 274 g/mol. The van der Waals surface area contributed by atoms with Gasteiger partial charge in [-0.15, -0.1) is 0 Å². The van der Waals surface area contributed by atoms with Gasteiger partial charge in [0.05, 0.1) is 18.2 Å². The van der Waals surface area contributed by atoms with Crippen LogP contribution in [0, 0.1) is 5.92 Å². The van der Waals surface area contributed by atoms with Crippen molar-refractivity contribution in [3.05, 3.63) is 35.4 Å². The van der Waals surface area contributed by atoms with E-state index >= 15 is 0 Å². The Morgan fingerprint density at radius 3 is 3.00 bits per heavy atom. The molecule has 2 unspecified atom stereocenters. The van der Waals surface area contributed by atoms with Crippen molar-refractivity contribution in [3.8, 4) is 0 Å². The zero-order valence-electron chi connectivity index (χ0n) is 11.8. The maximum Gasteiger partial charge on any atom is 0.237 e. The van der Waals surface area contributed by atoms with Crippen LogP contribution in [0.3, 0.4) is 0 Å². The normalized spacial score (nSPS) is 32.7. The number of hydrogen-bond acceptors (Lipinski definition) is 3. The van der Waals surface area contributed by atoms with Crippen LogP contribution in [0.2, 0.25) is 0 Å². The zero-order valence-corrected chi connectivity index (χ0v) is 11.8. The molecule has 0 spiro atoms. The number of nitrogens with one attached hydrogen (secondary N) is 2. The Labute approximate surface area is 119 Å². The summed E-state index contributed by atoms with van der Waals surface area (Å²) >= 11 is 0. The third-order valence-corrected chi connectivity index (χ3v) is 4.55. The van der Waals surface area contributed by atoms with Gasteiger partial charge in [0.2, 0.25) is 5.91 Å². The summed E-state index contributed by atoms with van der Waals surface area (Å²) in [4.78, 5) is 12.4. The molecule has 1 heterocycles. The first kappa shape index (κ1) is 13.6. The molecule has 3 N–H and O–H groups in total. The highest BCUT2D eigenvalue weighted by molar-refractivity contribution is 5.82. The quantitative estimate of drug-likeness (QED) is 0.758. The molecule has 1 amide bonds. The summed E-state index contributed by atoms with van der Waals surface area (Å²) in [5.74, 6) is 0.357. The van der Waals surface area contributed by atoms with Crippen LogP contribution < -0.4 is 10.6 Å². The smallest absolute Gasteiger partial charge is 0.237 e. The van der Waals surface area contributed by atoms with Gasteiger partial charge >= 0.3 is 0 Å². The average Bonchev–Trinajstić information content (AvgIpc) is 2.76. The molecular formula is C16H22N2O2. The van der Waals surface area contributed by atoms with E-state index in [0.717, 1.165) is 30.5 Å². The lowest BCUT2D eigenvalue weighted by Crippen LogP contribution is -2.52. The fraction of sp³-hybridized carbons (Fsp3) is 0.562. The summed E-state index contributed by atoms with van der Waals surface area (Å²) in [6.07, 6.45) is 2.30. The van der Waals surface area contributed by atoms with Crippen molar-refractivity contribution in [1.29, 1.82) is 0 Å². The molecule has 1 aliphatic carbocycles. The van der Waals surface area contributed by atoms with Crippen molar-refractivity contribution >= 4 is 5.91 Å². The summed E-state index contributed by atoms with van der Waals surface area (Å²) in [6.45, 7) is 3.00. The average molecular weight is 274 g/mol. The number of aliphatic hydroxyl groups excluding tert-OH is 1. The molecule has 2 aliphatic rings. The van der Waals surface area contributed by atoms with E-state index in [1.807, 2.05) is 24.3 Å². The van der Waals surface area contributed by atoms with Gasteiger partial charge in [-0.2, -0.15) is 0 Å². The predicted octanol–water partition coefficient (Wildman–Crippen LogP) is 1.15. The molecule has 1 saturated heterocycles. The molecule has 1 fully saturated rings. The Balaban J connectivity index is 1.73. The number of rotatable bonds is 2. The first-order valence-electron chi connectivity index (χ1n) is 7.46. The fourth-order valence-electron chi connectivity index (χ4n) is 3.39. The largest absolute Gasteiger partial charge is 0.390 e. The summed E-state index contributed by atoms with van der Waals surface area (Å²) in [5, 5.41) is 16.5. The Morgan fingerprint density at radius 1 is 1.40 bits per heavy atom. The molecule has 1 aromatic rings. The number of carbonyl (C=O) groups excluding carboxylic acids is 1. The minimum atomic E-state index is -0.518. The number of fused-ring (bicyclic) bond motifs is 1. The highest BCUT2D eigenvalue weighted by Crippen LogP contribution is 2.31. The van der Waals surface area contributed by atoms with E-state index in [-0.39, 0.29) is 18.0 Å². The number of hydrogen-bond donors (Lipinski definition) is 3. The van der Waals surface area contributed by atoms with Gasteiger partial charge in [0.1, 0.15) is 0 Å². The molecule has 4 heteroatoms. The molecule has 0 radical (unpaired) electrons. The standard InChI is InChI=1S/C16H22N2O2/c1-10-5-4-8-17-14(10)16(20)18-15-12-7-3-2-6-11(12)9-13(15)19/h2-3,6-7,10,13-15,17,19H,4-5,8-9H2,1H3,(H,18,20)/t10?,13-,14?,15+/m1/s1. The second-order valence-electron chi connectivity index (χ2n) is 6.01. The number of carbonyl (C=O) groups is 1. The van der Waals surface area contributed by atoms with Crippen LogP contribution in [0.5, 0.6) is 0 Å². The van der Waals surface area contributed by atoms with Crippen molar-refractivity contribution in [2.75, 3.05) is 6.54 Å². The maximum atomic E-state index is 12.4. The maximum absolute atomic E-state index is 12.4. The van der Waals surface area contributed by atoms with Gasteiger partial charge in [0.15, 0.2) is 0 Å². The predicted molar refractivity (Wildman–Crippen MR) is 77.2 cm³/mol. The van der Waals surface area contributed by atoms with Gasteiger partial charge in [0.25, 0.3) is 0 Å². The van der Waals surface area contributed by atoms with Crippen LogP contribution in [-0.4, -0.2) is 29.7 Å². The van der Waals surface area contributed by atoms with Crippen LogP contribution >= 0.6 is 0 Å². The third kappa shape index (κ3) is 2.45. The van der Waals surface area contributed by atoms with E-state index in [1.165, 1.54) is 0 Å². The van der Waals surface area contributed by atoms with Gasteiger partial charge < -0.3 is 15.7 Å². The Bertz CT molecular complexity index is 503. The molecule has 3 rings (SSSR count). The first-order valence-corrected chi connectivity index (χ1v) is 7.46. The third-order valence-electron chi connectivity index (χ3n) is 4.55. The van der Waals surface area contributed by atoms with Gasteiger partial charge in [-0.25, -0.2) is 0 Å². The van der Waals surface area contributed by atoms with Gasteiger partial charge in [-0.1, -0.05) is 31.2 Å². The Kier molecular flexibility index (Phi) is 3.76. The van der Waals surface area contributed by atoms with E-state index in [2.05, 4.69) is 17.6 Å². The molecule has 108 valence electrons. The zero-order chi connectivity index (χ0) is 14.1. The van der Waals surface area contributed by atoms with Crippen LogP contribution in [0.25, 0.3) is 0 Å². The van der Waals surface area contributed by atoms with Crippen molar-refractivity contribution in [3.63, 3.8) is 0 Å². The van der Waals surface area contributed by atoms with Gasteiger partial charge in [0, 0.05) is 6.42 Å². The molecule has 0 saturated carbocycles. The van der Waals surface area contributed by atoms with E-state index in [4.69, 9.17) is 0 Å². The summed E-state index contributed by atoms with van der Waals surface area (Å²) in [6, 6.07) is 7.54. The Hall–Kier alpha value is -1.39. The number of amides is 1. The SMILES string of the molecule is CC1CCCNC1C(=O)N[C@H]1c2ccccc2C[C@H]1O. The number of benzene rings is 1. The Morgan fingerprint density at radius 2 is 2.20 bits per heavy atom. The lowest BCUT2D eigenvalue weighted by atomic mass is 9.92.